The minimum atomic E-state index is 0.517. The number of hydrogen-bond donors (Lipinski definition) is 1. The molecule has 0 spiro atoms. The molecule has 20 heavy (non-hydrogen) atoms. The Labute approximate surface area is 125 Å². The van der Waals surface area contributed by atoms with E-state index in [4.69, 9.17) is 12.2 Å². The Hall–Kier alpha value is -0.840. The fourth-order valence-electron chi connectivity index (χ4n) is 5.69. The maximum atomic E-state index is 5.36. The predicted molar refractivity (Wildman–Crippen MR) is 81.8 cm³/mol. The van der Waals surface area contributed by atoms with Crippen LogP contribution in [0.2, 0.25) is 0 Å². The van der Waals surface area contributed by atoms with Gasteiger partial charge in [0.1, 0.15) is 0 Å². The number of H-pyrrole nitrogens is 1. The molecule has 0 unspecified atom stereocenters. The molecule has 4 fully saturated rings. The SMILES string of the molecule is CN(C)n1c(CC23CC4CC(CC(C4)C2)C3)n[nH]c1=S. The van der Waals surface area contributed by atoms with Crippen LogP contribution in [0.3, 0.4) is 0 Å². The second-order valence-electron chi connectivity index (χ2n) is 7.70. The van der Waals surface area contributed by atoms with Gasteiger partial charge in [-0.1, -0.05) is 0 Å². The van der Waals surface area contributed by atoms with Gasteiger partial charge in [0, 0.05) is 20.5 Å². The van der Waals surface area contributed by atoms with E-state index in [1.54, 1.807) is 0 Å². The summed E-state index contributed by atoms with van der Waals surface area (Å²) in [4.78, 5) is 0. The molecule has 0 aliphatic heterocycles. The van der Waals surface area contributed by atoms with Gasteiger partial charge in [-0.25, -0.2) is 4.68 Å². The molecular weight excluding hydrogens is 268 g/mol. The number of aromatic amines is 1. The van der Waals surface area contributed by atoms with Gasteiger partial charge in [-0.15, -0.1) is 0 Å². The fourth-order valence-corrected chi connectivity index (χ4v) is 6.01. The van der Waals surface area contributed by atoms with Crippen LogP contribution in [0.4, 0.5) is 0 Å². The molecule has 0 atom stereocenters. The van der Waals surface area contributed by atoms with E-state index < -0.39 is 0 Å². The Bertz CT molecular complexity index is 535. The van der Waals surface area contributed by atoms with E-state index in [1.165, 1.54) is 38.5 Å². The average molecular weight is 292 g/mol. The van der Waals surface area contributed by atoms with Crippen molar-refractivity contribution in [2.75, 3.05) is 19.1 Å². The summed E-state index contributed by atoms with van der Waals surface area (Å²) >= 11 is 5.36. The molecule has 4 bridgehead atoms. The quantitative estimate of drug-likeness (QED) is 0.870. The third-order valence-electron chi connectivity index (χ3n) is 5.82. The summed E-state index contributed by atoms with van der Waals surface area (Å²) in [6, 6.07) is 0. The highest BCUT2D eigenvalue weighted by Gasteiger charge is 2.51. The number of rotatable bonds is 3. The molecule has 0 amide bonds. The predicted octanol–water partition coefficient (Wildman–Crippen LogP) is 2.90. The molecule has 1 aromatic heterocycles. The molecule has 4 nitrogen and oxygen atoms in total. The number of nitrogens with zero attached hydrogens (tertiary/aromatic N) is 3. The first-order valence-corrected chi connectivity index (χ1v) is 8.29. The van der Waals surface area contributed by atoms with E-state index in [2.05, 4.69) is 14.9 Å². The van der Waals surface area contributed by atoms with Gasteiger partial charge >= 0.3 is 0 Å². The molecule has 5 heteroatoms. The zero-order valence-corrected chi connectivity index (χ0v) is 13.2. The van der Waals surface area contributed by atoms with Crippen LogP contribution in [0.25, 0.3) is 0 Å². The Morgan fingerprint density at radius 2 is 1.75 bits per heavy atom. The van der Waals surface area contributed by atoms with Crippen LogP contribution in [0.5, 0.6) is 0 Å². The summed E-state index contributed by atoms with van der Waals surface area (Å²) in [5, 5.41) is 9.54. The van der Waals surface area contributed by atoms with E-state index in [9.17, 15) is 0 Å². The average Bonchev–Trinajstić information content (AvgIpc) is 2.67. The standard InChI is InChI=1S/C15H24N4S/c1-18(2)19-13(16-17-14(19)20)9-15-6-10-3-11(7-15)5-12(4-10)8-15/h10-12H,3-9H2,1-2H3,(H,17,20). The fraction of sp³-hybridized carbons (Fsp3) is 0.867. The van der Waals surface area contributed by atoms with Crippen molar-refractivity contribution in [2.45, 2.75) is 44.9 Å². The Morgan fingerprint density at radius 1 is 1.20 bits per heavy atom. The Kier molecular flexibility index (Phi) is 2.78. The van der Waals surface area contributed by atoms with Crippen molar-refractivity contribution < 1.29 is 0 Å². The van der Waals surface area contributed by atoms with Crippen LogP contribution in [-0.4, -0.2) is 29.0 Å². The smallest absolute Gasteiger partial charge is 0.214 e. The van der Waals surface area contributed by atoms with Crippen molar-refractivity contribution >= 4 is 12.2 Å². The first-order chi connectivity index (χ1) is 9.55. The molecule has 110 valence electrons. The van der Waals surface area contributed by atoms with Crippen molar-refractivity contribution in [1.82, 2.24) is 14.9 Å². The molecule has 4 aliphatic rings. The zero-order valence-electron chi connectivity index (χ0n) is 12.4. The van der Waals surface area contributed by atoms with Crippen LogP contribution < -0.4 is 5.01 Å². The van der Waals surface area contributed by atoms with Crippen molar-refractivity contribution in [3.8, 4) is 0 Å². The monoisotopic (exact) mass is 292 g/mol. The molecule has 1 aromatic rings. The van der Waals surface area contributed by atoms with Crippen molar-refractivity contribution in [3.63, 3.8) is 0 Å². The normalized spacial score (nSPS) is 38.4. The zero-order chi connectivity index (χ0) is 13.9. The maximum Gasteiger partial charge on any atom is 0.214 e. The van der Waals surface area contributed by atoms with Gasteiger partial charge in [-0.3, -0.25) is 5.10 Å². The summed E-state index contributed by atoms with van der Waals surface area (Å²) in [6.07, 6.45) is 9.87. The van der Waals surface area contributed by atoms with Gasteiger partial charge in [-0.05, 0) is 73.9 Å². The lowest BCUT2D eigenvalue weighted by Crippen LogP contribution is -2.47. The largest absolute Gasteiger partial charge is 0.315 e. The summed E-state index contributed by atoms with van der Waals surface area (Å²) in [6.45, 7) is 0. The van der Waals surface area contributed by atoms with Gasteiger partial charge in [-0.2, -0.15) is 5.10 Å². The van der Waals surface area contributed by atoms with Crippen LogP contribution >= 0.6 is 12.2 Å². The second-order valence-corrected chi connectivity index (χ2v) is 8.09. The highest BCUT2D eigenvalue weighted by Crippen LogP contribution is 2.60. The topological polar surface area (TPSA) is 36.9 Å². The molecule has 4 aliphatic carbocycles. The minimum absolute atomic E-state index is 0.517. The summed E-state index contributed by atoms with van der Waals surface area (Å²) in [5.41, 5.74) is 0.517. The Balaban J connectivity index is 1.65. The van der Waals surface area contributed by atoms with Crippen LogP contribution in [0, 0.1) is 27.9 Å². The molecule has 0 radical (unpaired) electrons. The lowest BCUT2D eigenvalue weighted by molar-refractivity contribution is -0.0535. The van der Waals surface area contributed by atoms with Crippen molar-refractivity contribution in [3.05, 3.63) is 10.6 Å². The first-order valence-electron chi connectivity index (χ1n) is 7.88. The van der Waals surface area contributed by atoms with E-state index >= 15 is 0 Å². The molecule has 1 N–H and O–H groups in total. The maximum absolute atomic E-state index is 5.36. The molecule has 1 heterocycles. The van der Waals surface area contributed by atoms with Crippen LogP contribution in [0.15, 0.2) is 0 Å². The molecule has 0 aromatic carbocycles. The lowest BCUT2D eigenvalue weighted by atomic mass is 9.49. The van der Waals surface area contributed by atoms with E-state index in [0.717, 1.165) is 34.8 Å². The third-order valence-corrected chi connectivity index (χ3v) is 6.08. The number of hydrogen-bond acceptors (Lipinski definition) is 3. The van der Waals surface area contributed by atoms with Gasteiger partial charge in [0.05, 0.1) is 0 Å². The molecule has 5 rings (SSSR count). The highest BCUT2D eigenvalue weighted by atomic mass is 32.1. The van der Waals surface area contributed by atoms with Gasteiger partial charge in [0.25, 0.3) is 0 Å². The van der Waals surface area contributed by atoms with E-state index in [-0.39, 0.29) is 0 Å². The molecule has 4 saturated carbocycles. The summed E-state index contributed by atoms with van der Waals surface area (Å²) < 4.78 is 2.78. The van der Waals surface area contributed by atoms with Gasteiger partial charge in [0.15, 0.2) is 5.82 Å². The van der Waals surface area contributed by atoms with E-state index in [0.29, 0.717) is 5.41 Å². The lowest BCUT2D eigenvalue weighted by Gasteiger charge is -2.56. The number of aromatic nitrogens is 3. The van der Waals surface area contributed by atoms with Gasteiger partial charge < -0.3 is 5.01 Å². The van der Waals surface area contributed by atoms with Crippen LogP contribution in [0.1, 0.15) is 44.3 Å². The first kappa shape index (κ1) is 12.9. The molecule has 0 saturated heterocycles. The molecular formula is C15H24N4S. The van der Waals surface area contributed by atoms with E-state index in [1.807, 2.05) is 19.1 Å². The van der Waals surface area contributed by atoms with Crippen molar-refractivity contribution in [2.24, 2.45) is 23.2 Å². The summed E-state index contributed by atoms with van der Waals surface area (Å²) in [5.74, 6) is 4.12. The summed E-state index contributed by atoms with van der Waals surface area (Å²) in [7, 11) is 4.07. The third kappa shape index (κ3) is 1.93. The van der Waals surface area contributed by atoms with Crippen molar-refractivity contribution in [1.29, 1.82) is 0 Å². The van der Waals surface area contributed by atoms with Crippen LogP contribution in [-0.2, 0) is 6.42 Å². The minimum Gasteiger partial charge on any atom is -0.315 e. The Morgan fingerprint density at radius 3 is 2.25 bits per heavy atom. The second kappa shape index (κ2) is 4.33. The van der Waals surface area contributed by atoms with Gasteiger partial charge in [0.2, 0.25) is 4.77 Å². The highest BCUT2D eigenvalue weighted by molar-refractivity contribution is 7.71. The number of nitrogens with one attached hydrogen (secondary N) is 1.